The number of carbonyl (C=O) groups is 1. The summed E-state index contributed by atoms with van der Waals surface area (Å²) in [6.45, 7) is 1.53. The van der Waals surface area contributed by atoms with E-state index < -0.39 is 29.6 Å². The molecule has 2 nitrogen and oxygen atoms in total. The van der Waals surface area contributed by atoms with Crippen LogP contribution in [0.2, 0.25) is 5.02 Å². The highest BCUT2D eigenvalue weighted by Crippen LogP contribution is 2.46. The van der Waals surface area contributed by atoms with E-state index in [-0.39, 0.29) is 5.02 Å². The SMILES string of the molecule is Cc1ccc(NC(=O)C(F)(F)C(F)(F)C(F)(F)F)cc1Cl. The van der Waals surface area contributed by atoms with Crippen LogP contribution in [-0.2, 0) is 4.79 Å². The summed E-state index contributed by atoms with van der Waals surface area (Å²) in [5.74, 6) is -15.3. The average molecular weight is 338 g/mol. The van der Waals surface area contributed by atoms with Gasteiger partial charge in [-0.2, -0.15) is 30.7 Å². The fourth-order valence-corrected chi connectivity index (χ4v) is 1.38. The first-order valence-corrected chi connectivity index (χ1v) is 5.58. The van der Waals surface area contributed by atoms with Crippen LogP contribution in [0.4, 0.5) is 36.4 Å². The first-order chi connectivity index (χ1) is 9.30. The first-order valence-electron chi connectivity index (χ1n) is 5.20. The van der Waals surface area contributed by atoms with Gasteiger partial charge in [0.25, 0.3) is 0 Å². The molecule has 0 spiro atoms. The molecule has 0 heterocycles. The van der Waals surface area contributed by atoms with Crippen LogP contribution in [0, 0.1) is 6.92 Å². The molecule has 0 aliphatic rings. The molecule has 0 fully saturated rings. The van der Waals surface area contributed by atoms with Gasteiger partial charge in [-0.1, -0.05) is 17.7 Å². The number of carbonyl (C=O) groups excluding carboxylic acids is 1. The van der Waals surface area contributed by atoms with Gasteiger partial charge in [0.1, 0.15) is 0 Å². The van der Waals surface area contributed by atoms with Gasteiger partial charge in [-0.15, -0.1) is 0 Å². The number of halogens is 8. The van der Waals surface area contributed by atoms with Crippen LogP contribution < -0.4 is 5.32 Å². The molecule has 118 valence electrons. The molecule has 21 heavy (non-hydrogen) atoms. The molecule has 1 rings (SSSR count). The molecule has 0 saturated heterocycles. The topological polar surface area (TPSA) is 29.1 Å². The summed E-state index contributed by atoms with van der Waals surface area (Å²) in [6.07, 6.45) is -6.57. The second kappa shape index (κ2) is 5.36. The Morgan fingerprint density at radius 2 is 1.62 bits per heavy atom. The summed E-state index contributed by atoms with van der Waals surface area (Å²) in [5, 5.41) is 1.29. The average Bonchev–Trinajstić information content (AvgIpc) is 2.32. The zero-order chi connectivity index (χ0) is 16.6. The second-order valence-electron chi connectivity index (χ2n) is 4.06. The van der Waals surface area contributed by atoms with E-state index in [2.05, 4.69) is 0 Å². The number of nitrogens with one attached hydrogen (secondary N) is 1. The zero-order valence-electron chi connectivity index (χ0n) is 10.2. The standard InChI is InChI=1S/C11H7ClF7NO/c1-5-2-3-6(4-7(5)12)20-8(21)9(13,14)10(15,16)11(17,18)19/h2-4H,1H3,(H,20,21). The number of aryl methyl sites for hydroxylation is 1. The number of hydrogen-bond donors (Lipinski definition) is 1. The first kappa shape index (κ1) is 17.5. The predicted molar refractivity (Wildman–Crippen MR) is 60.8 cm³/mol. The van der Waals surface area contributed by atoms with Gasteiger partial charge < -0.3 is 5.32 Å². The van der Waals surface area contributed by atoms with Crippen LogP contribution in [0.25, 0.3) is 0 Å². The van der Waals surface area contributed by atoms with Gasteiger partial charge in [0, 0.05) is 10.7 Å². The summed E-state index contributed by atoms with van der Waals surface area (Å²) < 4.78 is 87.1. The fourth-order valence-electron chi connectivity index (χ4n) is 1.20. The Morgan fingerprint density at radius 1 is 1.10 bits per heavy atom. The molecule has 0 radical (unpaired) electrons. The normalized spacial score (nSPS) is 13.2. The lowest BCUT2D eigenvalue weighted by molar-refractivity contribution is -0.343. The van der Waals surface area contributed by atoms with Crippen molar-refractivity contribution in [2.45, 2.75) is 24.9 Å². The van der Waals surface area contributed by atoms with E-state index in [0.29, 0.717) is 5.56 Å². The lowest BCUT2D eigenvalue weighted by atomic mass is 10.1. The van der Waals surface area contributed by atoms with Crippen molar-refractivity contribution in [2.24, 2.45) is 0 Å². The molecule has 0 atom stereocenters. The number of alkyl halides is 7. The molecular formula is C11H7ClF7NO. The fraction of sp³-hybridized carbons (Fsp3) is 0.364. The lowest BCUT2D eigenvalue weighted by Crippen LogP contribution is -2.57. The number of hydrogen-bond acceptors (Lipinski definition) is 1. The van der Waals surface area contributed by atoms with Crippen LogP contribution in [0.15, 0.2) is 18.2 Å². The molecule has 10 heteroatoms. The van der Waals surface area contributed by atoms with Crippen LogP contribution >= 0.6 is 11.6 Å². The van der Waals surface area contributed by atoms with Crippen molar-refractivity contribution in [1.82, 2.24) is 0 Å². The molecule has 1 N–H and O–H groups in total. The molecule has 1 aromatic rings. The quantitative estimate of drug-likeness (QED) is 0.813. The van der Waals surface area contributed by atoms with E-state index in [0.717, 1.165) is 12.1 Å². The van der Waals surface area contributed by atoms with E-state index in [9.17, 15) is 35.5 Å². The third-order valence-electron chi connectivity index (χ3n) is 2.47. The third-order valence-corrected chi connectivity index (χ3v) is 2.87. The molecular weight excluding hydrogens is 331 g/mol. The van der Waals surface area contributed by atoms with E-state index in [4.69, 9.17) is 11.6 Å². The summed E-state index contributed by atoms with van der Waals surface area (Å²) in [7, 11) is 0. The predicted octanol–water partition coefficient (Wildman–Crippen LogP) is 4.42. The van der Waals surface area contributed by atoms with Crippen molar-refractivity contribution < 1.29 is 35.5 Å². The van der Waals surface area contributed by atoms with Gasteiger partial charge in [0.2, 0.25) is 0 Å². The number of benzene rings is 1. The third kappa shape index (κ3) is 3.22. The number of rotatable bonds is 3. The van der Waals surface area contributed by atoms with Gasteiger partial charge >= 0.3 is 23.9 Å². The van der Waals surface area contributed by atoms with Crippen molar-refractivity contribution in [3.05, 3.63) is 28.8 Å². The van der Waals surface area contributed by atoms with Crippen LogP contribution in [0.5, 0.6) is 0 Å². The number of amides is 1. The maximum atomic E-state index is 13.0. The van der Waals surface area contributed by atoms with Crippen molar-refractivity contribution in [2.75, 3.05) is 5.32 Å². The largest absolute Gasteiger partial charge is 0.460 e. The minimum Gasteiger partial charge on any atom is -0.321 e. The van der Waals surface area contributed by atoms with Crippen LogP contribution in [0.1, 0.15) is 5.56 Å². The molecule has 1 amide bonds. The van der Waals surface area contributed by atoms with Crippen molar-refractivity contribution in [3.8, 4) is 0 Å². The van der Waals surface area contributed by atoms with Gasteiger partial charge in [-0.05, 0) is 24.6 Å². The molecule has 0 saturated carbocycles. The van der Waals surface area contributed by atoms with Crippen molar-refractivity contribution in [3.63, 3.8) is 0 Å². The van der Waals surface area contributed by atoms with Crippen LogP contribution in [0.3, 0.4) is 0 Å². The molecule has 0 unspecified atom stereocenters. The smallest absolute Gasteiger partial charge is 0.321 e. The highest BCUT2D eigenvalue weighted by Gasteiger charge is 2.76. The van der Waals surface area contributed by atoms with Gasteiger partial charge in [-0.25, -0.2) is 0 Å². The maximum Gasteiger partial charge on any atom is 0.460 e. The van der Waals surface area contributed by atoms with E-state index in [1.54, 1.807) is 0 Å². The van der Waals surface area contributed by atoms with E-state index in [1.807, 2.05) is 0 Å². The number of anilines is 1. The lowest BCUT2D eigenvalue weighted by Gasteiger charge is -2.27. The van der Waals surface area contributed by atoms with E-state index in [1.165, 1.54) is 18.3 Å². The Labute approximate surface area is 118 Å². The van der Waals surface area contributed by atoms with Gasteiger partial charge in [0.05, 0.1) is 0 Å². The Kier molecular flexibility index (Phi) is 4.48. The minimum atomic E-state index is -6.57. The summed E-state index contributed by atoms with van der Waals surface area (Å²) >= 11 is 5.61. The molecule has 1 aromatic carbocycles. The summed E-state index contributed by atoms with van der Waals surface area (Å²) in [4.78, 5) is 11.0. The van der Waals surface area contributed by atoms with E-state index >= 15 is 0 Å². The zero-order valence-corrected chi connectivity index (χ0v) is 10.9. The van der Waals surface area contributed by atoms with Crippen molar-refractivity contribution in [1.29, 1.82) is 0 Å². The second-order valence-corrected chi connectivity index (χ2v) is 4.47. The molecule has 0 aliphatic heterocycles. The minimum absolute atomic E-state index is 0.0127. The maximum absolute atomic E-state index is 13.0. The van der Waals surface area contributed by atoms with Gasteiger partial charge in [-0.3, -0.25) is 4.79 Å². The van der Waals surface area contributed by atoms with Gasteiger partial charge in [0.15, 0.2) is 0 Å². The van der Waals surface area contributed by atoms with Crippen molar-refractivity contribution >= 4 is 23.2 Å². The summed E-state index contributed by atoms with van der Waals surface area (Å²) in [5.41, 5.74) is 0.0512. The Hall–Kier alpha value is -1.51. The monoisotopic (exact) mass is 337 g/mol. The van der Waals surface area contributed by atoms with Crippen LogP contribution in [-0.4, -0.2) is 23.9 Å². The summed E-state index contributed by atoms with van der Waals surface area (Å²) in [6, 6.07) is 3.23. The Bertz CT molecular complexity index is 556. The molecule has 0 bridgehead atoms. The highest BCUT2D eigenvalue weighted by molar-refractivity contribution is 6.31. The highest BCUT2D eigenvalue weighted by atomic mass is 35.5. The molecule has 0 aliphatic carbocycles. The Balaban J connectivity index is 3.04. The Morgan fingerprint density at radius 3 is 2.05 bits per heavy atom. The molecule has 0 aromatic heterocycles.